The van der Waals surface area contributed by atoms with E-state index in [4.69, 9.17) is 9.47 Å². The molecule has 0 aliphatic rings. The summed E-state index contributed by atoms with van der Waals surface area (Å²) in [6, 6.07) is 26.3. The largest absolute Gasteiger partial charge is 0.490 e. The molecule has 3 nitrogen and oxygen atoms in total. The minimum absolute atomic E-state index is 0.524. The molecule has 25 heavy (non-hydrogen) atoms. The average Bonchev–Trinajstić information content (AvgIpc) is 2.67. The number of anilines is 1. The van der Waals surface area contributed by atoms with Gasteiger partial charge < -0.3 is 14.8 Å². The number of para-hydroxylation sites is 1. The minimum Gasteiger partial charge on any atom is -0.490 e. The fraction of sp³-hybridized carbons (Fsp3) is 0.182. The quantitative estimate of drug-likeness (QED) is 0.584. The van der Waals surface area contributed by atoms with Gasteiger partial charge >= 0.3 is 0 Å². The lowest BCUT2D eigenvalue weighted by Gasteiger charge is -2.10. The number of benzene rings is 3. The van der Waals surface area contributed by atoms with Crippen molar-refractivity contribution in [1.29, 1.82) is 0 Å². The Hall–Kier alpha value is -2.94. The van der Waals surface area contributed by atoms with E-state index in [-0.39, 0.29) is 0 Å². The molecule has 3 rings (SSSR count). The zero-order valence-electron chi connectivity index (χ0n) is 14.4. The lowest BCUT2D eigenvalue weighted by molar-refractivity contribution is 0.217. The van der Waals surface area contributed by atoms with Crippen molar-refractivity contribution in [1.82, 2.24) is 0 Å². The Balaban J connectivity index is 1.40. The third-order valence-electron chi connectivity index (χ3n) is 3.84. The predicted molar refractivity (Wildman–Crippen MR) is 102 cm³/mol. The zero-order valence-corrected chi connectivity index (χ0v) is 14.4. The lowest BCUT2D eigenvalue weighted by Crippen LogP contribution is -2.09. The van der Waals surface area contributed by atoms with E-state index in [0.717, 1.165) is 23.7 Å². The maximum atomic E-state index is 5.71. The van der Waals surface area contributed by atoms with Gasteiger partial charge in [0, 0.05) is 12.2 Å². The molecule has 0 aliphatic carbocycles. The Morgan fingerprint density at radius 1 is 0.680 bits per heavy atom. The summed E-state index contributed by atoms with van der Waals surface area (Å²) < 4.78 is 11.3. The van der Waals surface area contributed by atoms with Gasteiger partial charge in [-0.2, -0.15) is 0 Å². The summed E-state index contributed by atoms with van der Waals surface area (Å²) in [5, 5.41) is 3.42. The van der Waals surface area contributed by atoms with Gasteiger partial charge in [0.25, 0.3) is 0 Å². The SMILES string of the molecule is Cc1ccc(NCc2ccc(OCCOc3ccccc3)cc2)cc1. The number of hydrogen-bond donors (Lipinski definition) is 1. The van der Waals surface area contributed by atoms with Crippen LogP contribution in [-0.4, -0.2) is 13.2 Å². The van der Waals surface area contributed by atoms with Crippen LogP contribution in [-0.2, 0) is 6.54 Å². The van der Waals surface area contributed by atoms with Gasteiger partial charge in [0.05, 0.1) is 0 Å². The van der Waals surface area contributed by atoms with Gasteiger partial charge in [-0.3, -0.25) is 0 Å². The molecule has 0 unspecified atom stereocenters. The molecule has 0 radical (unpaired) electrons. The second kappa shape index (κ2) is 8.78. The van der Waals surface area contributed by atoms with E-state index < -0.39 is 0 Å². The van der Waals surface area contributed by atoms with E-state index in [0.29, 0.717) is 13.2 Å². The Morgan fingerprint density at radius 3 is 1.92 bits per heavy atom. The van der Waals surface area contributed by atoms with Crippen molar-refractivity contribution in [2.45, 2.75) is 13.5 Å². The normalized spacial score (nSPS) is 10.3. The molecule has 0 heterocycles. The van der Waals surface area contributed by atoms with Gasteiger partial charge in [-0.05, 0) is 48.9 Å². The smallest absolute Gasteiger partial charge is 0.122 e. The van der Waals surface area contributed by atoms with E-state index in [9.17, 15) is 0 Å². The van der Waals surface area contributed by atoms with Crippen LogP contribution in [0.2, 0.25) is 0 Å². The molecule has 3 aromatic carbocycles. The highest BCUT2D eigenvalue weighted by Crippen LogP contribution is 2.15. The maximum absolute atomic E-state index is 5.71. The van der Waals surface area contributed by atoms with Gasteiger partial charge in [0.2, 0.25) is 0 Å². The monoisotopic (exact) mass is 333 g/mol. The second-order valence-corrected chi connectivity index (χ2v) is 5.87. The van der Waals surface area contributed by atoms with Gasteiger partial charge in [-0.15, -0.1) is 0 Å². The first-order chi connectivity index (χ1) is 12.3. The van der Waals surface area contributed by atoms with E-state index in [1.54, 1.807) is 0 Å². The number of rotatable bonds is 8. The molecule has 0 amide bonds. The van der Waals surface area contributed by atoms with Crippen molar-refractivity contribution < 1.29 is 9.47 Å². The molecule has 0 spiro atoms. The molecule has 0 saturated heterocycles. The topological polar surface area (TPSA) is 30.5 Å². The Bertz CT molecular complexity index is 752. The van der Waals surface area contributed by atoms with E-state index in [2.05, 4.69) is 48.6 Å². The summed E-state index contributed by atoms with van der Waals surface area (Å²) in [6.45, 7) is 3.93. The predicted octanol–water partition coefficient (Wildman–Crippen LogP) is 5.06. The molecule has 3 heteroatoms. The van der Waals surface area contributed by atoms with Crippen LogP contribution >= 0.6 is 0 Å². The Kier molecular flexibility index (Phi) is 5.94. The van der Waals surface area contributed by atoms with Crippen molar-refractivity contribution in [2.75, 3.05) is 18.5 Å². The molecule has 0 atom stereocenters. The summed E-state index contributed by atoms with van der Waals surface area (Å²) in [5.74, 6) is 1.72. The third-order valence-corrected chi connectivity index (χ3v) is 3.84. The first-order valence-electron chi connectivity index (χ1n) is 8.50. The van der Waals surface area contributed by atoms with E-state index >= 15 is 0 Å². The van der Waals surface area contributed by atoms with Gasteiger partial charge in [-0.25, -0.2) is 0 Å². The number of nitrogens with one attached hydrogen (secondary N) is 1. The molecule has 0 saturated carbocycles. The van der Waals surface area contributed by atoms with Crippen molar-refractivity contribution in [3.8, 4) is 11.5 Å². The molecule has 0 fully saturated rings. The van der Waals surface area contributed by atoms with E-state index in [1.807, 2.05) is 42.5 Å². The summed E-state index contributed by atoms with van der Waals surface area (Å²) in [5.41, 5.74) is 3.61. The van der Waals surface area contributed by atoms with Crippen molar-refractivity contribution in [3.63, 3.8) is 0 Å². The first-order valence-corrected chi connectivity index (χ1v) is 8.50. The molecule has 128 valence electrons. The Morgan fingerprint density at radius 2 is 1.28 bits per heavy atom. The van der Waals surface area contributed by atoms with Crippen LogP contribution in [0.1, 0.15) is 11.1 Å². The summed E-state index contributed by atoms with van der Waals surface area (Å²) >= 11 is 0. The highest BCUT2D eigenvalue weighted by molar-refractivity contribution is 5.45. The van der Waals surface area contributed by atoms with Crippen LogP contribution in [0.4, 0.5) is 5.69 Å². The van der Waals surface area contributed by atoms with Crippen LogP contribution in [0.5, 0.6) is 11.5 Å². The molecule has 0 aromatic heterocycles. The van der Waals surface area contributed by atoms with Crippen LogP contribution in [0.3, 0.4) is 0 Å². The molecule has 0 bridgehead atoms. The molecule has 3 aromatic rings. The highest BCUT2D eigenvalue weighted by atomic mass is 16.5. The fourth-order valence-electron chi connectivity index (χ4n) is 2.41. The van der Waals surface area contributed by atoms with Crippen LogP contribution in [0, 0.1) is 6.92 Å². The van der Waals surface area contributed by atoms with Gasteiger partial charge in [0.15, 0.2) is 0 Å². The minimum atomic E-state index is 0.524. The lowest BCUT2D eigenvalue weighted by atomic mass is 10.2. The van der Waals surface area contributed by atoms with E-state index in [1.165, 1.54) is 11.1 Å². The maximum Gasteiger partial charge on any atom is 0.122 e. The summed E-state index contributed by atoms with van der Waals surface area (Å²) in [4.78, 5) is 0. The van der Waals surface area contributed by atoms with Crippen LogP contribution < -0.4 is 14.8 Å². The third kappa shape index (κ3) is 5.57. The van der Waals surface area contributed by atoms with Crippen molar-refractivity contribution >= 4 is 5.69 Å². The van der Waals surface area contributed by atoms with Crippen molar-refractivity contribution in [3.05, 3.63) is 90.0 Å². The highest BCUT2D eigenvalue weighted by Gasteiger charge is 1.98. The fourth-order valence-corrected chi connectivity index (χ4v) is 2.41. The number of hydrogen-bond acceptors (Lipinski definition) is 3. The average molecular weight is 333 g/mol. The van der Waals surface area contributed by atoms with Crippen molar-refractivity contribution in [2.24, 2.45) is 0 Å². The summed E-state index contributed by atoms with van der Waals surface area (Å²) in [7, 11) is 0. The van der Waals surface area contributed by atoms with Gasteiger partial charge in [0.1, 0.15) is 24.7 Å². The standard InChI is InChI=1S/C22H23NO2/c1-18-7-11-20(12-8-18)23-17-19-9-13-22(14-10-19)25-16-15-24-21-5-3-2-4-6-21/h2-14,23H,15-17H2,1H3. The molecule has 1 N–H and O–H groups in total. The van der Waals surface area contributed by atoms with Crippen LogP contribution in [0.25, 0.3) is 0 Å². The first kappa shape index (κ1) is 16.9. The molecular weight excluding hydrogens is 310 g/mol. The molecule has 0 aliphatic heterocycles. The Labute approximate surface area is 149 Å². The second-order valence-electron chi connectivity index (χ2n) is 5.87. The van der Waals surface area contributed by atoms with Gasteiger partial charge in [-0.1, -0.05) is 48.0 Å². The summed E-state index contributed by atoms with van der Waals surface area (Å²) in [6.07, 6.45) is 0. The number of aryl methyl sites for hydroxylation is 1. The number of ether oxygens (including phenoxy) is 2. The molecular formula is C22H23NO2. The zero-order chi connectivity index (χ0) is 17.3. The van der Waals surface area contributed by atoms with Crippen LogP contribution in [0.15, 0.2) is 78.9 Å².